The lowest BCUT2D eigenvalue weighted by atomic mass is 10.00. The number of aryl methyl sites for hydroxylation is 2. The molecule has 0 aliphatic carbocycles. The number of fused-ring (bicyclic) bond motifs is 1. The van der Waals surface area contributed by atoms with Crippen molar-refractivity contribution in [1.29, 1.82) is 0 Å². The Balaban J connectivity index is 1.81. The number of rotatable bonds is 7. The SMILES string of the molecule is COc1ccc(C2C=C(c3ccc(C)cc3)Nc3nc(CCCO)nn32)c(OC)c1. The summed E-state index contributed by atoms with van der Waals surface area (Å²) in [6, 6.07) is 14.0. The fourth-order valence-corrected chi connectivity index (χ4v) is 3.57. The van der Waals surface area contributed by atoms with Crippen LogP contribution in [0, 0.1) is 6.92 Å². The van der Waals surface area contributed by atoms with Crippen LogP contribution in [0.2, 0.25) is 0 Å². The Hall–Kier alpha value is -3.32. The quantitative estimate of drug-likeness (QED) is 0.624. The first kappa shape index (κ1) is 20.0. The molecule has 0 fully saturated rings. The maximum atomic E-state index is 9.17. The lowest BCUT2D eigenvalue weighted by Gasteiger charge is -2.25. The van der Waals surface area contributed by atoms with Crippen LogP contribution in [0.25, 0.3) is 5.70 Å². The van der Waals surface area contributed by atoms with E-state index in [4.69, 9.17) is 14.6 Å². The molecular formula is C23H26N4O3. The number of methoxy groups -OCH3 is 2. The zero-order valence-electron chi connectivity index (χ0n) is 17.4. The minimum atomic E-state index is -0.200. The first-order chi connectivity index (χ1) is 14.6. The molecule has 0 saturated carbocycles. The summed E-state index contributed by atoms with van der Waals surface area (Å²) < 4.78 is 12.9. The molecule has 1 unspecified atom stereocenters. The predicted molar refractivity (Wildman–Crippen MR) is 116 cm³/mol. The van der Waals surface area contributed by atoms with Crippen molar-refractivity contribution in [3.8, 4) is 11.5 Å². The van der Waals surface area contributed by atoms with Crippen molar-refractivity contribution in [2.24, 2.45) is 0 Å². The average Bonchev–Trinajstić information content (AvgIpc) is 3.20. The second-order valence-corrected chi connectivity index (χ2v) is 7.25. The van der Waals surface area contributed by atoms with Gasteiger partial charge in [-0.25, -0.2) is 4.68 Å². The summed E-state index contributed by atoms with van der Waals surface area (Å²) in [6.07, 6.45) is 3.37. The fourth-order valence-electron chi connectivity index (χ4n) is 3.57. The second-order valence-electron chi connectivity index (χ2n) is 7.25. The van der Waals surface area contributed by atoms with Crippen molar-refractivity contribution in [3.05, 3.63) is 71.1 Å². The van der Waals surface area contributed by atoms with Crippen LogP contribution in [-0.2, 0) is 6.42 Å². The third kappa shape index (κ3) is 3.89. The van der Waals surface area contributed by atoms with Gasteiger partial charge in [0.25, 0.3) is 0 Å². The van der Waals surface area contributed by atoms with E-state index in [1.807, 2.05) is 22.9 Å². The molecule has 0 radical (unpaired) electrons. The van der Waals surface area contributed by atoms with Gasteiger partial charge in [-0.3, -0.25) is 0 Å². The molecule has 0 amide bonds. The highest BCUT2D eigenvalue weighted by molar-refractivity contribution is 5.77. The van der Waals surface area contributed by atoms with Crippen LogP contribution in [0.3, 0.4) is 0 Å². The van der Waals surface area contributed by atoms with E-state index in [1.165, 1.54) is 5.56 Å². The number of anilines is 1. The van der Waals surface area contributed by atoms with Gasteiger partial charge in [0.1, 0.15) is 17.5 Å². The van der Waals surface area contributed by atoms with E-state index < -0.39 is 0 Å². The van der Waals surface area contributed by atoms with Crippen LogP contribution in [-0.4, -0.2) is 40.7 Å². The highest BCUT2D eigenvalue weighted by atomic mass is 16.5. The normalized spacial score (nSPS) is 15.2. The minimum absolute atomic E-state index is 0.111. The van der Waals surface area contributed by atoms with Gasteiger partial charge in [-0.2, -0.15) is 10.1 Å². The van der Waals surface area contributed by atoms with Crippen molar-refractivity contribution in [2.45, 2.75) is 25.8 Å². The van der Waals surface area contributed by atoms with E-state index in [2.05, 4.69) is 47.6 Å². The molecule has 0 saturated heterocycles. The van der Waals surface area contributed by atoms with Gasteiger partial charge >= 0.3 is 0 Å². The first-order valence-corrected chi connectivity index (χ1v) is 9.97. The summed E-state index contributed by atoms with van der Waals surface area (Å²) in [5.41, 5.74) is 4.21. The summed E-state index contributed by atoms with van der Waals surface area (Å²) in [5, 5.41) is 17.3. The molecule has 1 aliphatic heterocycles. The molecule has 30 heavy (non-hydrogen) atoms. The lowest BCUT2D eigenvalue weighted by molar-refractivity contribution is 0.287. The number of aromatic nitrogens is 3. The molecule has 2 heterocycles. The van der Waals surface area contributed by atoms with Gasteiger partial charge in [0.05, 0.1) is 14.2 Å². The molecule has 0 spiro atoms. The third-order valence-corrected chi connectivity index (χ3v) is 5.19. The number of nitrogens with one attached hydrogen (secondary N) is 1. The van der Waals surface area contributed by atoms with Gasteiger partial charge in [0, 0.05) is 30.4 Å². The number of allylic oxidation sites excluding steroid dienone is 1. The molecule has 1 aliphatic rings. The Kier molecular flexibility index (Phi) is 5.72. The van der Waals surface area contributed by atoms with Crippen LogP contribution in [0.1, 0.15) is 35.0 Å². The number of aliphatic hydroxyl groups excluding tert-OH is 1. The largest absolute Gasteiger partial charge is 0.497 e. The maximum absolute atomic E-state index is 9.17. The molecule has 1 atom stereocenters. The number of benzene rings is 2. The molecule has 3 aromatic rings. The summed E-state index contributed by atoms with van der Waals surface area (Å²) in [4.78, 5) is 4.67. The number of aliphatic hydroxyl groups is 1. The van der Waals surface area contributed by atoms with E-state index in [-0.39, 0.29) is 12.6 Å². The van der Waals surface area contributed by atoms with E-state index in [0.717, 1.165) is 28.3 Å². The number of hydrogen-bond donors (Lipinski definition) is 2. The molecular weight excluding hydrogens is 380 g/mol. The summed E-state index contributed by atoms with van der Waals surface area (Å²) >= 11 is 0. The van der Waals surface area contributed by atoms with Crippen molar-refractivity contribution in [2.75, 3.05) is 26.1 Å². The van der Waals surface area contributed by atoms with Crippen LogP contribution in [0.15, 0.2) is 48.5 Å². The van der Waals surface area contributed by atoms with Crippen LogP contribution >= 0.6 is 0 Å². The van der Waals surface area contributed by atoms with E-state index in [1.54, 1.807) is 14.2 Å². The Labute approximate surface area is 176 Å². The molecule has 2 aromatic carbocycles. The maximum Gasteiger partial charge on any atom is 0.226 e. The van der Waals surface area contributed by atoms with Gasteiger partial charge in [-0.1, -0.05) is 29.8 Å². The number of hydrogen-bond acceptors (Lipinski definition) is 6. The zero-order chi connectivity index (χ0) is 21.1. The lowest BCUT2D eigenvalue weighted by Crippen LogP contribution is -2.20. The average molecular weight is 406 g/mol. The van der Waals surface area contributed by atoms with E-state index in [9.17, 15) is 5.11 Å². The predicted octanol–water partition coefficient (Wildman–Crippen LogP) is 3.58. The Morgan fingerprint density at radius 1 is 1.10 bits per heavy atom. The Morgan fingerprint density at radius 3 is 2.60 bits per heavy atom. The number of ether oxygens (including phenoxy) is 2. The van der Waals surface area contributed by atoms with Gasteiger partial charge in [-0.05, 0) is 37.1 Å². The van der Waals surface area contributed by atoms with Crippen molar-refractivity contribution in [3.63, 3.8) is 0 Å². The van der Waals surface area contributed by atoms with Crippen LogP contribution < -0.4 is 14.8 Å². The standard InChI is InChI=1S/C23H26N4O3/c1-15-6-8-16(9-7-15)19-14-20(18-11-10-17(29-2)13-21(18)30-3)27-23(24-19)25-22(26-27)5-4-12-28/h6-11,13-14,20,28H,4-5,12H2,1-3H3,(H,24,25,26). The Bertz CT molecular complexity index is 1060. The number of nitrogens with zero attached hydrogens (tertiary/aromatic N) is 3. The van der Waals surface area contributed by atoms with Gasteiger partial charge in [-0.15, -0.1) is 0 Å². The molecule has 7 nitrogen and oxygen atoms in total. The topological polar surface area (TPSA) is 81.4 Å². The Morgan fingerprint density at radius 2 is 1.90 bits per heavy atom. The fraction of sp³-hybridized carbons (Fsp3) is 0.304. The molecule has 0 bridgehead atoms. The van der Waals surface area contributed by atoms with Crippen LogP contribution in [0.5, 0.6) is 11.5 Å². The highest BCUT2D eigenvalue weighted by Gasteiger charge is 2.27. The van der Waals surface area contributed by atoms with E-state index >= 15 is 0 Å². The first-order valence-electron chi connectivity index (χ1n) is 9.97. The third-order valence-electron chi connectivity index (χ3n) is 5.19. The molecule has 7 heteroatoms. The highest BCUT2D eigenvalue weighted by Crippen LogP contribution is 2.38. The molecule has 2 N–H and O–H groups in total. The second kappa shape index (κ2) is 8.59. The van der Waals surface area contributed by atoms with E-state index in [0.29, 0.717) is 24.6 Å². The minimum Gasteiger partial charge on any atom is -0.497 e. The van der Waals surface area contributed by atoms with Crippen LogP contribution in [0.4, 0.5) is 5.95 Å². The zero-order valence-corrected chi connectivity index (χ0v) is 17.4. The molecule has 156 valence electrons. The van der Waals surface area contributed by atoms with Gasteiger partial charge in [0.2, 0.25) is 5.95 Å². The smallest absolute Gasteiger partial charge is 0.226 e. The summed E-state index contributed by atoms with van der Waals surface area (Å²) in [6.45, 7) is 2.18. The molecule has 4 rings (SSSR count). The van der Waals surface area contributed by atoms with Gasteiger partial charge < -0.3 is 19.9 Å². The van der Waals surface area contributed by atoms with Crippen molar-refractivity contribution >= 4 is 11.6 Å². The van der Waals surface area contributed by atoms with Gasteiger partial charge in [0.15, 0.2) is 5.82 Å². The summed E-state index contributed by atoms with van der Waals surface area (Å²) in [7, 11) is 3.29. The molecule has 1 aromatic heterocycles. The summed E-state index contributed by atoms with van der Waals surface area (Å²) in [5.74, 6) is 2.82. The monoisotopic (exact) mass is 406 g/mol. The van der Waals surface area contributed by atoms with Crippen molar-refractivity contribution in [1.82, 2.24) is 14.8 Å². The van der Waals surface area contributed by atoms with Crippen molar-refractivity contribution < 1.29 is 14.6 Å².